The number of carboxylic acid groups (broad SMARTS) is 1. The SMILES string of the molecule is COc1cccc(Nc2nc3cc(C(=O)O)ccc3c3nc(C)cn23)c1. The van der Waals surface area contributed by atoms with E-state index >= 15 is 0 Å². The summed E-state index contributed by atoms with van der Waals surface area (Å²) in [5.41, 5.74) is 3.11. The zero-order valence-corrected chi connectivity index (χ0v) is 14.2. The second kappa shape index (κ2) is 6.03. The second-order valence-corrected chi connectivity index (χ2v) is 5.91. The van der Waals surface area contributed by atoms with E-state index < -0.39 is 5.97 Å². The van der Waals surface area contributed by atoms with Gasteiger partial charge in [0.1, 0.15) is 11.4 Å². The van der Waals surface area contributed by atoms with Crippen LogP contribution in [-0.2, 0) is 0 Å². The number of hydrogen-bond donors (Lipinski definition) is 2. The van der Waals surface area contributed by atoms with Gasteiger partial charge in [-0.05, 0) is 37.3 Å². The number of carbonyl (C=O) groups is 1. The molecule has 4 aromatic rings. The Labute approximate surface area is 148 Å². The van der Waals surface area contributed by atoms with Crippen molar-refractivity contribution in [3.8, 4) is 5.75 Å². The van der Waals surface area contributed by atoms with Crippen LogP contribution in [0, 0.1) is 6.92 Å². The number of aryl methyl sites for hydroxylation is 1. The number of aromatic carboxylic acids is 1. The third kappa shape index (κ3) is 2.69. The van der Waals surface area contributed by atoms with Crippen molar-refractivity contribution >= 4 is 34.2 Å². The largest absolute Gasteiger partial charge is 0.497 e. The Bertz CT molecular complexity index is 1150. The lowest BCUT2D eigenvalue weighted by molar-refractivity contribution is 0.0697. The van der Waals surface area contributed by atoms with E-state index in [9.17, 15) is 9.90 Å². The smallest absolute Gasteiger partial charge is 0.335 e. The zero-order valence-electron chi connectivity index (χ0n) is 14.2. The van der Waals surface area contributed by atoms with Gasteiger partial charge in [-0.25, -0.2) is 14.8 Å². The molecule has 0 aliphatic rings. The molecule has 2 N–H and O–H groups in total. The van der Waals surface area contributed by atoms with Gasteiger partial charge in [0.15, 0.2) is 0 Å². The quantitative estimate of drug-likeness (QED) is 0.585. The molecule has 130 valence electrons. The van der Waals surface area contributed by atoms with Crippen LogP contribution in [0.15, 0.2) is 48.7 Å². The maximum absolute atomic E-state index is 11.3. The molecule has 2 aromatic heterocycles. The van der Waals surface area contributed by atoms with Gasteiger partial charge >= 0.3 is 5.97 Å². The van der Waals surface area contributed by atoms with E-state index in [-0.39, 0.29) is 5.56 Å². The number of anilines is 2. The molecule has 2 heterocycles. The maximum atomic E-state index is 11.3. The molecule has 0 saturated carbocycles. The summed E-state index contributed by atoms with van der Waals surface area (Å²) in [4.78, 5) is 20.5. The van der Waals surface area contributed by atoms with E-state index in [0.717, 1.165) is 28.2 Å². The number of fused-ring (bicyclic) bond motifs is 3. The minimum Gasteiger partial charge on any atom is -0.497 e. The van der Waals surface area contributed by atoms with Crippen LogP contribution in [0.1, 0.15) is 16.1 Å². The predicted octanol–water partition coefficient (Wildman–Crippen LogP) is 3.64. The molecule has 0 radical (unpaired) electrons. The molecule has 0 fully saturated rings. The molecule has 0 amide bonds. The van der Waals surface area contributed by atoms with Crippen molar-refractivity contribution in [2.75, 3.05) is 12.4 Å². The van der Waals surface area contributed by atoms with E-state index in [1.165, 1.54) is 0 Å². The highest BCUT2D eigenvalue weighted by molar-refractivity contribution is 5.98. The van der Waals surface area contributed by atoms with Crippen LogP contribution >= 0.6 is 0 Å². The van der Waals surface area contributed by atoms with Crippen LogP contribution in [-0.4, -0.2) is 32.6 Å². The Hall–Kier alpha value is -3.61. The molecular formula is C19H16N4O3. The van der Waals surface area contributed by atoms with Crippen LogP contribution in [0.4, 0.5) is 11.6 Å². The Morgan fingerprint density at radius 1 is 1.19 bits per heavy atom. The number of ether oxygens (including phenoxy) is 1. The summed E-state index contributed by atoms with van der Waals surface area (Å²) in [5, 5.41) is 13.3. The second-order valence-electron chi connectivity index (χ2n) is 5.91. The summed E-state index contributed by atoms with van der Waals surface area (Å²) in [6.07, 6.45) is 1.88. The van der Waals surface area contributed by atoms with Crippen molar-refractivity contribution in [2.24, 2.45) is 0 Å². The van der Waals surface area contributed by atoms with Gasteiger partial charge in [0.2, 0.25) is 5.95 Å². The number of hydrogen-bond acceptors (Lipinski definition) is 5. The van der Waals surface area contributed by atoms with Crippen LogP contribution in [0.25, 0.3) is 16.6 Å². The van der Waals surface area contributed by atoms with Crippen molar-refractivity contribution in [1.29, 1.82) is 0 Å². The summed E-state index contributed by atoms with van der Waals surface area (Å²) in [7, 11) is 1.61. The zero-order chi connectivity index (χ0) is 18.3. The van der Waals surface area contributed by atoms with E-state index in [0.29, 0.717) is 11.5 Å². The third-order valence-corrected chi connectivity index (χ3v) is 4.09. The Morgan fingerprint density at radius 3 is 2.81 bits per heavy atom. The first-order chi connectivity index (χ1) is 12.5. The summed E-state index contributed by atoms with van der Waals surface area (Å²) < 4.78 is 7.11. The van der Waals surface area contributed by atoms with E-state index in [1.54, 1.807) is 25.3 Å². The highest BCUT2D eigenvalue weighted by Crippen LogP contribution is 2.26. The number of rotatable bonds is 4. The third-order valence-electron chi connectivity index (χ3n) is 4.09. The number of nitrogens with one attached hydrogen (secondary N) is 1. The first-order valence-corrected chi connectivity index (χ1v) is 7.99. The number of imidazole rings is 1. The highest BCUT2D eigenvalue weighted by Gasteiger charge is 2.13. The van der Waals surface area contributed by atoms with Crippen molar-refractivity contribution in [1.82, 2.24) is 14.4 Å². The monoisotopic (exact) mass is 348 g/mol. The van der Waals surface area contributed by atoms with Gasteiger partial charge in [-0.3, -0.25) is 4.40 Å². The van der Waals surface area contributed by atoms with Crippen molar-refractivity contribution < 1.29 is 14.6 Å². The average molecular weight is 348 g/mol. The van der Waals surface area contributed by atoms with E-state index in [2.05, 4.69) is 15.3 Å². The molecule has 0 saturated heterocycles. The van der Waals surface area contributed by atoms with Gasteiger partial charge in [-0.1, -0.05) is 6.07 Å². The van der Waals surface area contributed by atoms with Gasteiger partial charge in [0, 0.05) is 23.3 Å². The van der Waals surface area contributed by atoms with Crippen LogP contribution < -0.4 is 10.1 Å². The topological polar surface area (TPSA) is 88.8 Å². The predicted molar refractivity (Wildman–Crippen MR) is 98.5 cm³/mol. The summed E-state index contributed by atoms with van der Waals surface area (Å²) in [6.45, 7) is 1.90. The molecule has 7 heteroatoms. The molecular weight excluding hydrogens is 332 g/mol. The first kappa shape index (κ1) is 15.9. The van der Waals surface area contributed by atoms with Crippen LogP contribution in [0.2, 0.25) is 0 Å². The Balaban J connectivity index is 1.92. The molecule has 7 nitrogen and oxygen atoms in total. The molecule has 0 bridgehead atoms. The van der Waals surface area contributed by atoms with Crippen molar-refractivity contribution in [3.63, 3.8) is 0 Å². The fourth-order valence-electron chi connectivity index (χ4n) is 2.88. The number of aromatic nitrogens is 3. The van der Waals surface area contributed by atoms with Gasteiger partial charge < -0.3 is 15.2 Å². The molecule has 0 unspecified atom stereocenters. The van der Waals surface area contributed by atoms with Gasteiger partial charge in [-0.2, -0.15) is 0 Å². The molecule has 4 rings (SSSR count). The lowest BCUT2D eigenvalue weighted by Gasteiger charge is -2.11. The highest BCUT2D eigenvalue weighted by atomic mass is 16.5. The number of methoxy groups -OCH3 is 1. The Kier molecular flexibility index (Phi) is 3.69. The standard InChI is InChI=1S/C19H16N4O3/c1-11-10-23-17(20-11)15-7-6-12(18(24)25)8-16(15)22-19(23)21-13-4-3-5-14(9-13)26-2/h3-10H,1-2H3,(H,21,22)(H,24,25). The fourth-order valence-corrected chi connectivity index (χ4v) is 2.88. The van der Waals surface area contributed by atoms with Crippen molar-refractivity contribution in [3.05, 3.63) is 59.9 Å². The maximum Gasteiger partial charge on any atom is 0.335 e. The minimum absolute atomic E-state index is 0.185. The summed E-state index contributed by atoms with van der Waals surface area (Å²) in [5.74, 6) is 0.279. The fraction of sp³-hybridized carbons (Fsp3) is 0.105. The van der Waals surface area contributed by atoms with E-state index in [4.69, 9.17) is 4.74 Å². The molecule has 26 heavy (non-hydrogen) atoms. The Morgan fingerprint density at radius 2 is 2.04 bits per heavy atom. The van der Waals surface area contributed by atoms with Crippen LogP contribution in [0.5, 0.6) is 5.75 Å². The molecule has 0 spiro atoms. The van der Waals surface area contributed by atoms with Gasteiger partial charge in [0.25, 0.3) is 0 Å². The molecule has 0 atom stereocenters. The summed E-state index contributed by atoms with van der Waals surface area (Å²) in [6, 6.07) is 12.3. The van der Waals surface area contributed by atoms with Gasteiger partial charge in [0.05, 0.1) is 23.9 Å². The number of carboxylic acids is 1. The molecule has 2 aromatic carbocycles. The normalized spacial score (nSPS) is 11.0. The lowest BCUT2D eigenvalue weighted by Crippen LogP contribution is -2.03. The average Bonchev–Trinajstić information content (AvgIpc) is 3.03. The van der Waals surface area contributed by atoms with E-state index in [1.807, 2.05) is 41.8 Å². The molecule has 0 aliphatic heterocycles. The van der Waals surface area contributed by atoms with Crippen LogP contribution in [0.3, 0.4) is 0 Å². The summed E-state index contributed by atoms with van der Waals surface area (Å²) >= 11 is 0. The first-order valence-electron chi connectivity index (χ1n) is 7.99. The number of nitrogens with zero attached hydrogens (tertiary/aromatic N) is 3. The van der Waals surface area contributed by atoms with Gasteiger partial charge in [-0.15, -0.1) is 0 Å². The number of benzene rings is 2. The minimum atomic E-state index is -0.990. The lowest BCUT2D eigenvalue weighted by atomic mass is 10.1. The van der Waals surface area contributed by atoms with Crippen molar-refractivity contribution in [2.45, 2.75) is 6.92 Å². The molecule has 0 aliphatic carbocycles.